The average Bonchev–Trinajstić information content (AvgIpc) is 2.38. The Hall–Kier alpha value is -2.31. The third-order valence-corrected chi connectivity index (χ3v) is 4.37. The summed E-state index contributed by atoms with van der Waals surface area (Å²) in [6.45, 7) is 6.03. The highest BCUT2D eigenvalue weighted by atomic mass is 32.2. The molecule has 0 heterocycles. The number of esters is 1. The summed E-state index contributed by atoms with van der Waals surface area (Å²) in [4.78, 5) is 25.2. The lowest BCUT2D eigenvalue weighted by molar-refractivity contribution is -0.143. The van der Waals surface area contributed by atoms with E-state index in [9.17, 15) is 18.0 Å². The van der Waals surface area contributed by atoms with E-state index in [1.165, 1.54) is 12.1 Å². The van der Waals surface area contributed by atoms with E-state index < -0.39 is 32.0 Å². The minimum absolute atomic E-state index is 0.171. The van der Waals surface area contributed by atoms with E-state index in [-0.39, 0.29) is 10.6 Å². The van der Waals surface area contributed by atoms with Crippen LogP contribution in [0.4, 0.5) is 0 Å². The third-order valence-electron chi connectivity index (χ3n) is 2.60. The fraction of sp³-hybridized carbons (Fsp3) is 0.357. The predicted octanol–water partition coefficient (Wildman–Crippen LogP) is 1.63. The molecule has 0 unspecified atom stereocenters. The van der Waals surface area contributed by atoms with Gasteiger partial charge in [0.2, 0.25) is 0 Å². The molecule has 0 fully saturated rings. The van der Waals surface area contributed by atoms with E-state index in [1.807, 2.05) is 0 Å². The molecule has 0 atom stereocenters. The number of nitrogens with zero attached hydrogens (tertiary/aromatic N) is 2. The summed E-state index contributed by atoms with van der Waals surface area (Å²) in [5, 5.41) is -0.952. The van der Waals surface area contributed by atoms with E-state index in [1.54, 1.807) is 20.8 Å². The van der Waals surface area contributed by atoms with Crippen molar-refractivity contribution in [1.82, 2.24) is 0 Å². The van der Waals surface area contributed by atoms with Gasteiger partial charge in [-0.15, -0.1) is 4.79 Å². The monoisotopic (exact) mass is 324 g/mol. The van der Waals surface area contributed by atoms with Crippen LogP contribution in [0, 0.1) is 5.41 Å². The molecule has 0 saturated heterocycles. The average molecular weight is 324 g/mol. The van der Waals surface area contributed by atoms with Crippen molar-refractivity contribution in [1.29, 1.82) is 0 Å². The maximum Gasteiger partial charge on any atom is 0.451 e. The van der Waals surface area contributed by atoms with E-state index in [2.05, 4.69) is 4.79 Å². The van der Waals surface area contributed by atoms with Gasteiger partial charge in [-0.1, -0.05) is 0 Å². The standard InChI is InChI=1S/C14H16N2O5S/c1-9(17)12(16-15)22(19,20)11-7-5-10(6-8-11)21-13(18)14(2,3)4/h5-8H,1-4H3. The van der Waals surface area contributed by atoms with Gasteiger partial charge < -0.3 is 10.3 Å². The lowest BCUT2D eigenvalue weighted by Crippen LogP contribution is -2.25. The quantitative estimate of drug-likeness (QED) is 0.209. The third kappa shape index (κ3) is 3.87. The Bertz CT molecular complexity index is 751. The molecule has 8 heteroatoms. The Balaban J connectivity index is 3.11. The number of Topliss-reactive ketones (excluding diaryl/α,β-unsaturated/α-hetero) is 1. The first-order valence-electron chi connectivity index (χ1n) is 6.30. The second-order valence-corrected chi connectivity index (χ2v) is 7.44. The van der Waals surface area contributed by atoms with Crippen molar-refractivity contribution >= 4 is 26.6 Å². The normalized spacial score (nSPS) is 11.5. The van der Waals surface area contributed by atoms with Crippen molar-refractivity contribution in [3.8, 4) is 5.75 Å². The molecule has 0 radical (unpaired) electrons. The second kappa shape index (κ2) is 6.21. The van der Waals surface area contributed by atoms with Gasteiger partial charge >= 0.3 is 11.0 Å². The SMILES string of the molecule is CC(=O)C(=[N+]=[N-])S(=O)(=O)c1ccc(OC(=O)C(C)(C)C)cc1. The molecule has 0 bridgehead atoms. The largest absolute Gasteiger partial charge is 0.451 e. The first-order valence-corrected chi connectivity index (χ1v) is 7.79. The summed E-state index contributed by atoms with van der Waals surface area (Å²) in [6.07, 6.45) is 0. The topological polar surface area (TPSA) is 114 Å². The first-order chi connectivity index (χ1) is 10.00. The summed E-state index contributed by atoms with van der Waals surface area (Å²) in [5.74, 6) is -1.18. The minimum atomic E-state index is -4.21. The molecule has 0 saturated carbocycles. The van der Waals surface area contributed by atoms with Crippen LogP contribution in [0.3, 0.4) is 0 Å². The predicted molar refractivity (Wildman–Crippen MR) is 78.0 cm³/mol. The van der Waals surface area contributed by atoms with Crippen LogP contribution in [0.25, 0.3) is 5.53 Å². The number of ketones is 1. The fourth-order valence-electron chi connectivity index (χ4n) is 1.37. The number of sulfone groups is 1. The van der Waals surface area contributed by atoms with E-state index in [4.69, 9.17) is 10.3 Å². The van der Waals surface area contributed by atoms with E-state index in [0.717, 1.165) is 19.1 Å². The first kappa shape index (κ1) is 17.7. The van der Waals surface area contributed by atoms with Gasteiger partial charge in [-0.3, -0.25) is 9.59 Å². The van der Waals surface area contributed by atoms with E-state index in [0.29, 0.717) is 0 Å². The lowest BCUT2D eigenvalue weighted by atomic mass is 9.97. The van der Waals surface area contributed by atoms with Crippen LogP contribution in [0.1, 0.15) is 27.7 Å². The van der Waals surface area contributed by atoms with Gasteiger partial charge in [-0.2, -0.15) is 0 Å². The molecular formula is C14H16N2O5S. The maximum atomic E-state index is 12.1. The Labute approximate surface area is 128 Å². The number of ether oxygens (including phenoxy) is 1. The molecule has 0 spiro atoms. The van der Waals surface area contributed by atoms with E-state index >= 15 is 0 Å². The van der Waals surface area contributed by atoms with Crippen LogP contribution in [0.2, 0.25) is 0 Å². The molecule has 1 aromatic carbocycles. The van der Waals surface area contributed by atoms with Crippen molar-refractivity contribution in [3.63, 3.8) is 0 Å². The molecule has 22 heavy (non-hydrogen) atoms. The minimum Gasteiger partial charge on any atom is -0.426 e. The number of carbonyl (C=O) groups is 2. The van der Waals surface area contributed by atoms with Crippen LogP contribution in [0.5, 0.6) is 5.75 Å². The summed E-state index contributed by atoms with van der Waals surface area (Å²) >= 11 is 0. The van der Waals surface area contributed by atoms with Gasteiger partial charge in [0, 0.05) is 6.92 Å². The molecular weight excluding hydrogens is 308 g/mol. The van der Waals surface area contributed by atoms with Gasteiger partial charge in [0.15, 0.2) is 0 Å². The fourth-order valence-corrected chi connectivity index (χ4v) is 2.58. The maximum absolute atomic E-state index is 12.1. The Kier molecular flexibility index (Phi) is 5.01. The van der Waals surface area contributed by atoms with Crippen molar-refractivity contribution in [2.24, 2.45) is 5.41 Å². The molecule has 0 aliphatic rings. The molecule has 0 amide bonds. The lowest BCUT2D eigenvalue weighted by Gasteiger charge is -2.16. The Morgan fingerprint density at radius 1 is 1.14 bits per heavy atom. The zero-order chi connectivity index (χ0) is 17.1. The second-order valence-electron chi connectivity index (χ2n) is 5.58. The summed E-state index contributed by atoms with van der Waals surface area (Å²) in [7, 11) is -4.21. The van der Waals surface area contributed by atoms with Gasteiger partial charge in [-0.05, 0) is 45.0 Å². The van der Waals surface area contributed by atoms with Gasteiger partial charge in [0.25, 0.3) is 15.6 Å². The highest BCUT2D eigenvalue weighted by Crippen LogP contribution is 2.21. The van der Waals surface area contributed by atoms with Crippen LogP contribution < -0.4 is 4.74 Å². The number of carbonyl (C=O) groups excluding carboxylic acids is 2. The highest BCUT2D eigenvalue weighted by molar-refractivity contribution is 8.08. The zero-order valence-electron chi connectivity index (χ0n) is 12.7. The summed E-state index contributed by atoms with van der Waals surface area (Å²) in [5.41, 5.74) is 7.98. The molecule has 0 aromatic heterocycles. The number of hydrogen-bond donors (Lipinski definition) is 0. The molecule has 1 rings (SSSR count). The van der Waals surface area contributed by atoms with Crippen LogP contribution >= 0.6 is 0 Å². The zero-order valence-corrected chi connectivity index (χ0v) is 13.5. The van der Waals surface area contributed by atoms with Gasteiger partial charge in [0.05, 0.1) is 10.3 Å². The van der Waals surface area contributed by atoms with Crippen LogP contribution in [-0.4, -0.2) is 30.0 Å². The molecule has 0 N–H and O–H groups in total. The molecule has 118 valence electrons. The van der Waals surface area contributed by atoms with Crippen molar-refractivity contribution < 1.29 is 27.5 Å². The van der Waals surface area contributed by atoms with Crippen LogP contribution in [0.15, 0.2) is 29.2 Å². The van der Waals surface area contributed by atoms with Crippen molar-refractivity contribution in [3.05, 3.63) is 29.8 Å². The number of benzene rings is 1. The van der Waals surface area contributed by atoms with Crippen molar-refractivity contribution in [2.45, 2.75) is 32.6 Å². The van der Waals surface area contributed by atoms with Crippen molar-refractivity contribution in [2.75, 3.05) is 0 Å². The van der Waals surface area contributed by atoms with Gasteiger partial charge in [0.1, 0.15) is 5.75 Å². The Morgan fingerprint density at radius 3 is 2.00 bits per heavy atom. The summed E-state index contributed by atoms with van der Waals surface area (Å²) in [6, 6.07) is 4.89. The number of hydrogen-bond acceptors (Lipinski definition) is 5. The summed E-state index contributed by atoms with van der Waals surface area (Å²) < 4.78 is 29.3. The molecule has 0 aliphatic carbocycles. The Morgan fingerprint density at radius 2 is 1.64 bits per heavy atom. The van der Waals surface area contributed by atoms with Gasteiger partial charge in [-0.25, -0.2) is 8.42 Å². The molecule has 7 nitrogen and oxygen atoms in total. The number of rotatable bonds is 3. The molecule has 1 aromatic rings. The smallest absolute Gasteiger partial charge is 0.426 e. The van der Waals surface area contributed by atoms with Crippen LogP contribution in [-0.2, 0) is 19.4 Å². The molecule has 0 aliphatic heterocycles. The highest BCUT2D eigenvalue weighted by Gasteiger charge is 2.34.